The van der Waals surface area contributed by atoms with Gasteiger partial charge in [0.25, 0.3) is 0 Å². The van der Waals surface area contributed by atoms with Gasteiger partial charge in [0.1, 0.15) is 6.17 Å². The van der Waals surface area contributed by atoms with Crippen LogP contribution in [0.15, 0.2) is 48.9 Å². The number of benzene rings is 1. The summed E-state index contributed by atoms with van der Waals surface area (Å²) in [5.74, 6) is 0. The number of halogens is 1. The van der Waals surface area contributed by atoms with Gasteiger partial charge in [-0.3, -0.25) is 0 Å². The molecule has 1 aromatic carbocycles. The predicted octanol–water partition coefficient (Wildman–Crippen LogP) is 4.37. The lowest BCUT2D eigenvalue weighted by molar-refractivity contribution is 0.229. The zero-order valence-corrected chi connectivity index (χ0v) is 11.6. The molecule has 2 nitrogen and oxygen atoms in total. The van der Waals surface area contributed by atoms with Gasteiger partial charge < -0.3 is 9.80 Å². The molecule has 0 saturated heterocycles. The lowest BCUT2D eigenvalue weighted by atomic mass is 10.1. The molecule has 0 aromatic heterocycles. The third-order valence-corrected chi connectivity index (χ3v) is 3.30. The van der Waals surface area contributed by atoms with Gasteiger partial charge in [-0.15, -0.1) is 0 Å². The van der Waals surface area contributed by atoms with Gasteiger partial charge in [-0.1, -0.05) is 43.2 Å². The molecule has 1 heterocycles. The fourth-order valence-electron chi connectivity index (χ4n) is 2.09. The largest absolute Gasteiger partial charge is 0.355 e. The van der Waals surface area contributed by atoms with Crippen LogP contribution in [0.1, 0.15) is 31.5 Å². The summed E-state index contributed by atoms with van der Waals surface area (Å²) >= 11 is 5.94. The van der Waals surface area contributed by atoms with E-state index in [4.69, 9.17) is 11.6 Å². The van der Waals surface area contributed by atoms with Crippen molar-refractivity contribution in [2.45, 2.75) is 25.9 Å². The Morgan fingerprint density at radius 2 is 1.94 bits per heavy atom. The second-order valence-electron chi connectivity index (χ2n) is 4.51. The molecule has 0 saturated carbocycles. The van der Waals surface area contributed by atoms with Crippen molar-refractivity contribution in [3.05, 3.63) is 59.5 Å². The maximum Gasteiger partial charge on any atom is 0.131 e. The van der Waals surface area contributed by atoms with Crippen molar-refractivity contribution in [1.82, 2.24) is 9.80 Å². The Bertz CT molecular complexity index is 436. The maximum absolute atomic E-state index is 5.94. The standard InChI is InChI=1S/C15H19ClN2/c1-3-4-5-10-18-12-11-17(2)15(18)13-6-8-14(16)9-7-13/h5-12,15H,3-4H2,1-2H3. The highest BCUT2D eigenvalue weighted by atomic mass is 35.5. The zero-order chi connectivity index (χ0) is 13.0. The molecule has 0 bridgehead atoms. The summed E-state index contributed by atoms with van der Waals surface area (Å²) in [6.45, 7) is 2.19. The lowest BCUT2D eigenvalue weighted by Crippen LogP contribution is -2.24. The monoisotopic (exact) mass is 262 g/mol. The van der Waals surface area contributed by atoms with Crippen LogP contribution < -0.4 is 0 Å². The molecule has 2 rings (SSSR count). The fourth-order valence-corrected chi connectivity index (χ4v) is 2.22. The minimum Gasteiger partial charge on any atom is -0.355 e. The Morgan fingerprint density at radius 3 is 2.61 bits per heavy atom. The first-order valence-corrected chi connectivity index (χ1v) is 6.70. The van der Waals surface area contributed by atoms with E-state index in [2.05, 4.69) is 60.6 Å². The van der Waals surface area contributed by atoms with Crippen LogP contribution in [0.3, 0.4) is 0 Å². The Kier molecular flexibility index (Phi) is 4.32. The van der Waals surface area contributed by atoms with Crippen molar-refractivity contribution < 1.29 is 0 Å². The van der Waals surface area contributed by atoms with E-state index in [9.17, 15) is 0 Å². The fraction of sp³-hybridized carbons (Fsp3) is 0.333. The van der Waals surface area contributed by atoms with Gasteiger partial charge in [-0.25, -0.2) is 0 Å². The van der Waals surface area contributed by atoms with Crippen molar-refractivity contribution in [3.63, 3.8) is 0 Å². The molecule has 3 heteroatoms. The summed E-state index contributed by atoms with van der Waals surface area (Å²) in [5.41, 5.74) is 1.24. The number of unbranched alkanes of at least 4 members (excludes halogenated alkanes) is 1. The van der Waals surface area contributed by atoms with Gasteiger partial charge in [0.15, 0.2) is 0 Å². The second-order valence-corrected chi connectivity index (χ2v) is 4.95. The van der Waals surface area contributed by atoms with Crippen LogP contribution in [-0.2, 0) is 0 Å². The molecule has 1 unspecified atom stereocenters. The molecule has 18 heavy (non-hydrogen) atoms. The number of nitrogens with zero attached hydrogens (tertiary/aromatic N) is 2. The van der Waals surface area contributed by atoms with Gasteiger partial charge in [-0.2, -0.15) is 0 Å². The molecule has 1 aromatic rings. The topological polar surface area (TPSA) is 6.48 Å². The van der Waals surface area contributed by atoms with E-state index in [1.807, 2.05) is 12.1 Å². The molecule has 0 radical (unpaired) electrons. The van der Waals surface area contributed by atoms with Gasteiger partial charge in [0, 0.05) is 30.7 Å². The number of hydrogen-bond acceptors (Lipinski definition) is 2. The third-order valence-electron chi connectivity index (χ3n) is 3.04. The van der Waals surface area contributed by atoms with E-state index in [-0.39, 0.29) is 6.17 Å². The minimum atomic E-state index is 0.232. The highest BCUT2D eigenvalue weighted by Crippen LogP contribution is 2.30. The van der Waals surface area contributed by atoms with Crippen LogP contribution in [0.4, 0.5) is 0 Å². The number of hydrogen-bond donors (Lipinski definition) is 0. The molecular weight excluding hydrogens is 244 g/mol. The van der Waals surface area contributed by atoms with Crippen LogP contribution in [0.25, 0.3) is 0 Å². The Hall–Kier alpha value is -1.41. The van der Waals surface area contributed by atoms with Crippen molar-refractivity contribution in [3.8, 4) is 0 Å². The average molecular weight is 263 g/mol. The summed E-state index contributed by atoms with van der Waals surface area (Å²) in [7, 11) is 2.09. The van der Waals surface area contributed by atoms with Crippen LogP contribution in [0.2, 0.25) is 5.02 Å². The first kappa shape index (κ1) is 13.0. The molecule has 1 atom stereocenters. The molecule has 96 valence electrons. The first-order chi connectivity index (χ1) is 8.72. The Balaban J connectivity index is 2.16. The lowest BCUT2D eigenvalue weighted by Gasteiger charge is -2.28. The first-order valence-electron chi connectivity index (χ1n) is 6.32. The van der Waals surface area contributed by atoms with Crippen LogP contribution in [0.5, 0.6) is 0 Å². The van der Waals surface area contributed by atoms with Gasteiger partial charge in [0.2, 0.25) is 0 Å². The quantitative estimate of drug-likeness (QED) is 0.795. The Labute approximate surface area is 114 Å². The number of allylic oxidation sites excluding steroid dienone is 1. The van der Waals surface area contributed by atoms with Crippen molar-refractivity contribution >= 4 is 11.6 Å². The molecule has 0 amide bonds. The number of rotatable bonds is 4. The maximum atomic E-state index is 5.94. The highest BCUT2D eigenvalue weighted by molar-refractivity contribution is 6.30. The second kappa shape index (κ2) is 5.96. The molecule has 0 fully saturated rings. The van der Waals surface area contributed by atoms with E-state index >= 15 is 0 Å². The van der Waals surface area contributed by atoms with E-state index in [0.29, 0.717) is 0 Å². The van der Waals surface area contributed by atoms with Crippen LogP contribution in [0, 0.1) is 0 Å². The zero-order valence-electron chi connectivity index (χ0n) is 10.9. The van der Waals surface area contributed by atoms with E-state index in [1.165, 1.54) is 12.0 Å². The third kappa shape index (κ3) is 2.88. The SMILES string of the molecule is CCCC=CN1C=CN(C)C1c1ccc(Cl)cc1. The molecule has 0 N–H and O–H groups in total. The normalized spacial score (nSPS) is 19.2. The highest BCUT2D eigenvalue weighted by Gasteiger charge is 2.23. The summed E-state index contributed by atoms with van der Waals surface area (Å²) in [6.07, 6.45) is 11.1. The summed E-state index contributed by atoms with van der Waals surface area (Å²) in [5, 5.41) is 0.778. The molecule has 0 spiro atoms. The van der Waals surface area contributed by atoms with Crippen LogP contribution >= 0.6 is 11.6 Å². The molecule has 1 aliphatic rings. The summed E-state index contributed by atoms with van der Waals surface area (Å²) < 4.78 is 0. The van der Waals surface area contributed by atoms with Crippen molar-refractivity contribution in [2.75, 3.05) is 7.05 Å². The molecule has 1 aliphatic heterocycles. The summed E-state index contributed by atoms with van der Waals surface area (Å²) in [4.78, 5) is 4.42. The minimum absolute atomic E-state index is 0.232. The molecule has 0 aliphatic carbocycles. The van der Waals surface area contributed by atoms with Gasteiger partial charge in [0.05, 0.1) is 0 Å². The van der Waals surface area contributed by atoms with Crippen LogP contribution in [-0.4, -0.2) is 16.8 Å². The van der Waals surface area contributed by atoms with E-state index < -0.39 is 0 Å². The van der Waals surface area contributed by atoms with E-state index in [1.54, 1.807) is 0 Å². The molecular formula is C15H19ClN2. The van der Waals surface area contributed by atoms with E-state index in [0.717, 1.165) is 11.4 Å². The smallest absolute Gasteiger partial charge is 0.131 e. The van der Waals surface area contributed by atoms with Gasteiger partial charge >= 0.3 is 0 Å². The van der Waals surface area contributed by atoms with Crippen molar-refractivity contribution in [2.24, 2.45) is 0 Å². The average Bonchev–Trinajstić information content (AvgIpc) is 2.72. The summed E-state index contributed by atoms with van der Waals surface area (Å²) in [6, 6.07) is 8.04. The Morgan fingerprint density at radius 1 is 1.22 bits per heavy atom. The van der Waals surface area contributed by atoms with Gasteiger partial charge in [-0.05, 0) is 24.1 Å². The predicted molar refractivity (Wildman–Crippen MR) is 77.0 cm³/mol. The van der Waals surface area contributed by atoms with Crippen molar-refractivity contribution in [1.29, 1.82) is 0 Å².